The van der Waals surface area contributed by atoms with E-state index in [1.54, 1.807) is 36.4 Å². The van der Waals surface area contributed by atoms with Crippen molar-refractivity contribution in [3.05, 3.63) is 87.9 Å². The summed E-state index contributed by atoms with van der Waals surface area (Å²) in [6.07, 6.45) is 13.2. The van der Waals surface area contributed by atoms with E-state index in [1.807, 2.05) is 36.4 Å². The molecule has 0 aliphatic rings. The van der Waals surface area contributed by atoms with Gasteiger partial charge in [0.15, 0.2) is 0 Å². The molecule has 0 atom stereocenters. The number of nitrogens with zero attached hydrogens (tertiary/aromatic N) is 6. The average Bonchev–Trinajstić information content (AvgIpc) is 4.10. The summed E-state index contributed by atoms with van der Waals surface area (Å²) >= 11 is 19.9. The molecule has 0 amide bonds. The zero-order valence-electron chi connectivity index (χ0n) is 35.8. The predicted molar refractivity (Wildman–Crippen MR) is 247 cm³/mol. The van der Waals surface area contributed by atoms with Crippen molar-refractivity contribution >= 4 is 34.8 Å². The standard InChI is InChI=1S/C48H51Cl3N6O6/c1-4-7-10-13-22-58-40-19-16-31(28-37(40)49)43-52-46(61-55-43)34-25-35(47-53-44(56-62-47)32-17-20-41(38(50)29-32)59-23-14-11-8-5-2)27-36(26-34)48-54-45(57-63-48)33-18-21-42(39(51)30-33)60-24-15-12-9-6-3/h16-21,25-30H,4-15,22-24H2,1-3H3. The van der Waals surface area contributed by atoms with Crippen molar-refractivity contribution in [2.75, 3.05) is 19.8 Å². The van der Waals surface area contributed by atoms with Crippen LogP contribution in [0.2, 0.25) is 15.1 Å². The number of rotatable bonds is 24. The molecule has 7 rings (SSSR count). The molecule has 12 nitrogen and oxygen atoms in total. The smallest absolute Gasteiger partial charge is 0.258 e. The van der Waals surface area contributed by atoms with Crippen molar-refractivity contribution in [3.8, 4) is 85.8 Å². The highest BCUT2D eigenvalue weighted by atomic mass is 35.5. The Hall–Kier alpha value is -5.43. The summed E-state index contributed by atoms with van der Waals surface area (Å²) in [5, 5.41) is 14.2. The molecule has 0 saturated carbocycles. The second-order valence-corrected chi connectivity index (χ2v) is 16.5. The predicted octanol–water partition coefficient (Wildman–Crippen LogP) is 14.7. The van der Waals surface area contributed by atoms with Crippen molar-refractivity contribution in [1.29, 1.82) is 0 Å². The van der Waals surface area contributed by atoms with E-state index in [0.29, 0.717) is 103 Å². The maximum Gasteiger partial charge on any atom is 0.258 e. The van der Waals surface area contributed by atoms with Crippen molar-refractivity contribution in [2.24, 2.45) is 0 Å². The van der Waals surface area contributed by atoms with E-state index in [9.17, 15) is 0 Å². The molecule has 0 radical (unpaired) electrons. The highest BCUT2D eigenvalue weighted by molar-refractivity contribution is 6.33. The number of hydrogen-bond donors (Lipinski definition) is 0. The Morgan fingerprint density at radius 3 is 0.952 bits per heavy atom. The first-order valence-electron chi connectivity index (χ1n) is 21.8. The molecule has 0 bridgehead atoms. The third-order valence-corrected chi connectivity index (χ3v) is 11.2. The van der Waals surface area contributed by atoms with E-state index in [-0.39, 0.29) is 17.7 Å². The van der Waals surface area contributed by atoms with Gasteiger partial charge in [-0.2, -0.15) is 15.0 Å². The third kappa shape index (κ3) is 12.2. The number of hydrogen-bond acceptors (Lipinski definition) is 12. The summed E-state index contributed by atoms with van der Waals surface area (Å²) in [6, 6.07) is 21.7. The summed E-state index contributed by atoms with van der Waals surface area (Å²) in [4.78, 5) is 14.2. The van der Waals surface area contributed by atoms with Crippen LogP contribution in [-0.4, -0.2) is 50.2 Å². The quantitative estimate of drug-likeness (QED) is 0.0532. The molecule has 0 aliphatic carbocycles. The number of benzene rings is 4. The van der Waals surface area contributed by atoms with Crippen LogP contribution in [0.3, 0.4) is 0 Å². The molecule has 330 valence electrons. The summed E-state index contributed by atoms with van der Waals surface area (Å²) < 4.78 is 35.3. The third-order valence-electron chi connectivity index (χ3n) is 10.3. The molecule has 0 N–H and O–H groups in total. The summed E-state index contributed by atoms with van der Waals surface area (Å²) in [7, 11) is 0. The minimum atomic E-state index is 0.217. The molecule has 7 aromatic rings. The number of ether oxygens (including phenoxy) is 3. The SMILES string of the molecule is CCCCCCOc1ccc(-c2noc(-c3cc(-c4nc(-c5ccc(OCCCCCC)c(Cl)c5)no4)cc(-c4nc(-c5ccc(OCCCCCC)c(Cl)c5)no4)c3)n2)cc1Cl. The van der Waals surface area contributed by atoms with Gasteiger partial charge in [0, 0.05) is 33.4 Å². The number of halogens is 3. The Morgan fingerprint density at radius 2 is 0.683 bits per heavy atom. The Morgan fingerprint density at radius 1 is 0.381 bits per heavy atom. The largest absolute Gasteiger partial charge is 0.492 e. The van der Waals surface area contributed by atoms with Crippen molar-refractivity contribution in [3.63, 3.8) is 0 Å². The normalized spacial score (nSPS) is 11.3. The van der Waals surface area contributed by atoms with E-state index in [0.717, 1.165) is 57.8 Å². The van der Waals surface area contributed by atoms with Gasteiger partial charge in [-0.05, 0) is 92.1 Å². The van der Waals surface area contributed by atoms with E-state index in [4.69, 9.17) is 77.5 Å². The molecule has 0 aliphatic heterocycles. The first-order valence-corrected chi connectivity index (χ1v) is 22.9. The lowest BCUT2D eigenvalue weighted by molar-refractivity contribution is 0.305. The molecular weight excluding hydrogens is 863 g/mol. The highest BCUT2D eigenvalue weighted by Gasteiger charge is 2.21. The molecule has 3 heterocycles. The second-order valence-electron chi connectivity index (χ2n) is 15.2. The first-order chi connectivity index (χ1) is 30.8. The lowest BCUT2D eigenvalue weighted by Gasteiger charge is -2.08. The van der Waals surface area contributed by atoms with Crippen LogP contribution in [-0.2, 0) is 0 Å². The molecule has 4 aromatic carbocycles. The van der Waals surface area contributed by atoms with Gasteiger partial charge < -0.3 is 27.8 Å². The van der Waals surface area contributed by atoms with Gasteiger partial charge in [0.25, 0.3) is 17.7 Å². The summed E-state index contributed by atoms with van der Waals surface area (Å²) in [5.74, 6) is 3.47. The number of unbranched alkanes of at least 4 members (excludes halogenated alkanes) is 9. The van der Waals surface area contributed by atoms with Gasteiger partial charge in [0.2, 0.25) is 17.5 Å². The topological polar surface area (TPSA) is 144 Å². The summed E-state index contributed by atoms with van der Waals surface area (Å²) in [6.45, 7) is 8.31. The van der Waals surface area contributed by atoms with Gasteiger partial charge in [-0.3, -0.25) is 0 Å². The first kappa shape index (κ1) is 45.6. The monoisotopic (exact) mass is 912 g/mol. The van der Waals surface area contributed by atoms with Crippen LogP contribution in [0.15, 0.2) is 86.4 Å². The zero-order chi connectivity index (χ0) is 44.0. The molecule has 63 heavy (non-hydrogen) atoms. The van der Waals surface area contributed by atoms with Gasteiger partial charge in [-0.25, -0.2) is 0 Å². The van der Waals surface area contributed by atoms with Crippen LogP contribution in [0.5, 0.6) is 17.2 Å². The Balaban J connectivity index is 1.16. The van der Waals surface area contributed by atoms with E-state index in [2.05, 4.69) is 36.2 Å². The van der Waals surface area contributed by atoms with Crippen molar-refractivity contribution in [2.45, 2.75) is 97.8 Å². The Kier molecular flexibility index (Phi) is 16.5. The van der Waals surface area contributed by atoms with E-state index >= 15 is 0 Å². The van der Waals surface area contributed by atoms with Crippen LogP contribution < -0.4 is 14.2 Å². The number of aromatic nitrogens is 6. The molecule has 0 unspecified atom stereocenters. The fraction of sp³-hybridized carbons (Fsp3) is 0.375. The molecule has 0 spiro atoms. The van der Waals surface area contributed by atoms with Gasteiger partial charge in [0.1, 0.15) is 17.2 Å². The lowest BCUT2D eigenvalue weighted by atomic mass is 10.0. The highest BCUT2D eigenvalue weighted by Crippen LogP contribution is 2.37. The van der Waals surface area contributed by atoms with Crippen LogP contribution in [0.4, 0.5) is 0 Å². The van der Waals surface area contributed by atoms with Gasteiger partial charge in [-0.15, -0.1) is 0 Å². The Bertz CT molecular complexity index is 2270. The van der Waals surface area contributed by atoms with Crippen LogP contribution in [0.25, 0.3) is 68.5 Å². The molecule has 15 heteroatoms. The van der Waals surface area contributed by atoms with Gasteiger partial charge >= 0.3 is 0 Å². The van der Waals surface area contributed by atoms with Gasteiger partial charge in [-0.1, -0.05) is 129 Å². The molecular formula is C48H51Cl3N6O6. The summed E-state index contributed by atoms with van der Waals surface area (Å²) in [5.41, 5.74) is 3.57. The van der Waals surface area contributed by atoms with Crippen LogP contribution in [0.1, 0.15) is 97.8 Å². The fourth-order valence-corrected chi connectivity index (χ4v) is 7.48. The zero-order valence-corrected chi connectivity index (χ0v) is 38.1. The van der Waals surface area contributed by atoms with Crippen molar-refractivity contribution in [1.82, 2.24) is 30.4 Å². The average molecular weight is 914 g/mol. The van der Waals surface area contributed by atoms with Crippen molar-refractivity contribution < 1.29 is 27.8 Å². The Labute approximate surface area is 382 Å². The minimum absolute atomic E-state index is 0.217. The van der Waals surface area contributed by atoms with Gasteiger partial charge in [0.05, 0.1) is 34.9 Å². The maximum absolute atomic E-state index is 6.63. The molecule has 3 aromatic heterocycles. The molecule has 0 saturated heterocycles. The maximum atomic E-state index is 6.63. The van der Waals surface area contributed by atoms with E-state index < -0.39 is 0 Å². The lowest BCUT2D eigenvalue weighted by Crippen LogP contribution is -1.98. The second kappa shape index (κ2) is 22.8. The minimum Gasteiger partial charge on any atom is -0.492 e. The molecule has 0 fully saturated rings. The van der Waals surface area contributed by atoms with Crippen LogP contribution in [0, 0.1) is 0 Å². The van der Waals surface area contributed by atoms with Crippen LogP contribution >= 0.6 is 34.8 Å². The fourth-order valence-electron chi connectivity index (χ4n) is 6.78. The van der Waals surface area contributed by atoms with E-state index in [1.165, 1.54) is 19.3 Å².